The Morgan fingerprint density at radius 1 is 1.08 bits per heavy atom. The predicted octanol–water partition coefficient (Wildman–Crippen LogP) is 3.18. The fourth-order valence-corrected chi connectivity index (χ4v) is 2.87. The smallest absolute Gasteiger partial charge is 0.331 e. The number of rotatable bonds is 8. The monoisotopic (exact) mass is 375 g/mol. The third-order valence-electron chi connectivity index (χ3n) is 3.33. The molecular weight excluding hydrogens is 354 g/mol. The second-order valence-electron chi connectivity index (χ2n) is 5.43. The quantitative estimate of drug-likeness (QED) is 0.419. The third kappa shape index (κ3) is 6.18. The summed E-state index contributed by atoms with van der Waals surface area (Å²) in [6, 6.07) is 15.0. The second kappa shape index (κ2) is 9.96. The van der Waals surface area contributed by atoms with E-state index in [1.807, 2.05) is 36.4 Å². The van der Waals surface area contributed by atoms with E-state index in [1.54, 1.807) is 30.8 Å². The molecule has 0 heterocycles. The van der Waals surface area contributed by atoms with Gasteiger partial charge in [-0.15, -0.1) is 0 Å². The van der Waals surface area contributed by atoms with Gasteiger partial charge in [0.1, 0.15) is 18.5 Å². The van der Waals surface area contributed by atoms with Crippen LogP contribution in [0.2, 0.25) is 0 Å². The van der Waals surface area contributed by atoms with E-state index in [0.717, 1.165) is 9.79 Å². The number of nitrogens with zero attached hydrogens (tertiary/aromatic N) is 1. The molecule has 1 atom stereocenters. The lowest BCUT2D eigenvalue weighted by Crippen LogP contribution is -2.09. The van der Waals surface area contributed by atoms with Gasteiger partial charge >= 0.3 is 5.97 Å². The molecule has 0 saturated carbocycles. The summed E-state index contributed by atoms with van der Waals surface area (Å²) in [7, 11) is 0. The van der Waals surface area contributed by atoms with Crippen molar-refractivity contribution in [2.45, 2.75) is 29.7 Å². The van der Waals surface area contributed by atoms with Gasteiger partial charge in [-0.3, -0.25) is 0 Å². The minimum atomic E-state index is -0.934. The number of hydrogen-bond donors (Lipinski definition) is 2. The van der Waals surface area contributed by atoms with Crippen LogP contribution in [0.3, 0.4) is 0 Å². The van der Waals surface area contributed by atoms with Crippen molar-refractivity contribution in [3.63, 3.8) is 0 Å². The van der Waals surface area contributed by atoms with E-state index >= 15 is 0 Å². The van der Waals surface area contributed by atoms with Gasteiger partial charge in [-0.2, -0.15) is 0 Å². The van der Waals surface area contributed by atoms with E-state index in [4.69, 9.17) is 9.84 Å². The summed E-state index contributed by atoms with van der Waals surface area (Å²) in [6.45, 7) is 3.10. The Bertz CT molecular complexity index is 744. The van der Waals surface area contributed by atoms with Crippen LogP contribution in [0, 0.1) is 0 Å². The highest BCUT2D eigenvalue weighted by Gasteiger charge is 2.12. The van der Waals surface area contributed by atoms with Gasteiger partial charge < -0.3 is 19.8 Å². The first kappa shape index (κ1) is 20.0. The summed E-state index contributed by atoms with van der Waals surface area (Å²) in [5, 5.41) is 22.6. The zero-order valence-electron chi connectivity index (χ0n) is 14.6. The number of aliphatic hydroxyl groups is 2. The average Bonchev–Trinajstić information content (AvgIpc) is 2.65. The zero-order chi connectivity index (χ0) is 18.9. The highest BCUT2D eigenvalue weighted by molar-refractivity contribution is 7.99. The zero-order valence-corrected chi connectivity index (χ0v) is 15.4. The standard InChI is InChI=1S/C19H21NO5S/c1-13(20-25-14(2)22)19(23)15-3-7-17(8-4-15)26-18-9-5-16(6-10-18)24-12-11-21/h3-10,19,21,23H,11-12H2,1-2H3/b20-13+/t19-/m0/s1. The van der Waals surface area contributed by atoms with E-state index in [2.05, 4.69) is 9.99 Å². The molecule has 138 valence electrons. The fraction of sp³-hybridized carbons (Fsp3) is 0.263. The van der Waals surface area contributed by atoms with E-state index in [0.29, 0.717) is 17.0 Å². The molecule has 2 aromatic rings. The number of aliphatic hydroxyl groups excluding tert-OH is 2. The number of ether oxygens (including phenoxy) is 1. The van der Waals surface area contributed by atoms with Crippen LogP contribution in [0.4, 0.5) is 0 Å². The SMILES string of the molecule is CC(=O)O/N=C(\C)[C@H](O)c1ccc(Sc2ccc(OCCO)cc2)cc1. The summed E-state index contributed by atoms with van der Waals surface area (Å²) in [5.41, 5.74) is 0.967. The number of oxime groups is 1. The van der Waals surface area contributed by atoms with Gasteiger partial charge in [0.05, 0.1) is 12.3 Å². The summed E-state index contributed by atoms with van der Waals surface area (Å²) < 4.78 is 5.33. The summed E-state index contributed by atoms with van der Waals surface area (Å²) in [5.74, 6) is 0.181. The van der Waals surface area contributed by atoms with Crippen LogP contribution in [0.15, 0.2) is 63.5 Å². The molecule has 26 heavy (non-hydrogen) atoms. The highest BCUT2D eigenvalue weighted by Crippen LogP contribution is 2.30. The van der Waals surface area contributed by atoms with Gasteiger partial charge in [0.25, 0.3) is 0 Å². The predicted molar refractivity (Wildman–Crippen MR) is 99.4 cm³/mol. The minimum absolute atomic E-state index is 0.0141. The van der Waals surface area contributed by atoms with Crippen molar-refractivity contribution in [3.05, 3.63) is 54.1 Å². The number of hydrogen-bond acceptors (Lipinski definition) is 7. The minimum Gasteiger partial charge on any atom is -0.491 e. The molecule has 0 aliphatic rings. The first-order valence-electron chi connectivity index (χ1n) is 8.01. The first-order valence-corrected chi connectivity index (χ1v) is 8.83. The van der Waals surface area contributed by atoms with Crippen molar-refractivity contribution in [3.8, 4) is 5.75 Å². The van der Waals surface area contributed by atoms with Crippen LogP contribution in [0.1, 0.15) is 25.5 Å². The normalized spacial score (nSPS) is 12.5. The molecule has 0 fully saturated rings. The van der Waals surface area contributed by atoms with Crippen LogP contribution < -0.4 is 4.74 Å². The van der Waals surface area contributed by atoms with Gasteiger partial charge in [0, 0.05) is 16.7 Å². The van der Waals surface area contributed by atoms with Gasteiger partial charge in [0.2, 0.25) is 0 Å². The van der Waals surface area contributed by atoms with Crippen molar-refractivity contribution in [1.29, 1.82) is 0 Å². The number of benzene rings is 2. The Morgan fingerprint density at radius 3 is 2.19 bits per heavy atom. The lowest BCUT2D eigenvalue weighted by molar-refractivity contribution is -0.141. The molecule has 2 aromatic carbocycles. The maximum Gasteiger partial charge on any atom is 0.331 e. The second-order valence-corrected chi connectivity index (χ2v) is 6.58. The molecule has 6 nitrogen and oxygen atoms in total. The first-order chi connectivity index (χ1) is 12.5. The Hall–Kier alpha value is -2.35. The van der Waals surface area contributed by atoms with Crippen LogP contribution in [0.5, 0.6) is 5.75 Å². The molecular formula is C19H21NO5S. The maximum absolute atomic E-state index is 10.8. The summed E-state index contributed by atoms with van der Waals surface area (Å²) in [4.78, 5) is 17.4. The van der Waals surface area contributed by atoms with Gasteiger partial charge in [-0.1, -0.05) is 29.1 Å². The Balaban J connectivity index is 1.98. The van der Waals surface area contributed by atoms with E-state index < -0.39 is 12.1 Å². The lowest BCUT2D eigenvalue weighted by atomic mass is 10.1. The molecule has 0 aliphatic carbocycles. The highest BCUT2D eigenvalue weighted by atomic mass is 32.2. The van der Waals surface area contributed by atoms with E-state index in [-0.39, 0.29) is 13.2 Å². The molecule has 0 amide bonds. The lowest BCUT2D eigenvalue weighted by Gasteiger charge is -2.11. The van der Waals surface area contributed by atoms with Crippen LogP contribution in [-0.4, -0.2) is 35.1 Å². The van der Waals surface area contributed by atoms with Crippen molar-refractivity contribution < 1.29 is 24.6 Å². The van der Waals surface area contributed by atoms with Crippen LogP contribution >= 0.6 is 11.8 Å². The molecule has 2 rings (SSSR count). The van der Waals surface area contributed by atoms with Gasteiger partial charge in [0.15, 0.2) is 0 Å². The molecule has 0 aliphatic heterocycles. The van der Waals surface area contributed by atoms with Crippen molar-refractivity contribution in [2.24, 2.45) is 5.16 Å². The topological polar surface area (TPSA) is 88.4 Å². The van der Waals surface area contributed by atoms with Crippen molar-refractivity contribution in [2.75, 3.05) is 13.2 Å². The molecule has 0 unspecified atom stereocenters. The molecule has 7 heteroatoms. The Labute approximate surface area is 156 Å². The fourth-order valence-electron chi connectivity index (χ4n) is 2.05. The molecule has 0 spiro atoms. The molecule has 0 radical (unpaired) electrons. The Kier molecular flexibility index (Phi) is 7.65. The number of carbonyl (C=O) groups excluding carboxylic acids is 1. The number of carbonyl (C=O) groups is 1. The average molecular weight is 375 g/mol. The van der Waals surface area contributed by atoms with E-state index in [1.165, 1.54) is 6.92 Å². The summed E-state index contributed by atoms with van der Waals surface area (Å²) >= 11 is 1.58. The molecule has 0 saturated heterocycles. The molecule has 0 aromatic heterocycles. The van der Waals surface area contributed by atoms with Gasteiger partial charge in [-0.25, -0.2) is 4.79 Å². The van der Waals surface area contributed by atoms with Crippen LogP contribution in [-0.2, 0) is 9.63 Å². The van der Waals surface area contributed by atoms with Crippen LogP contribution in [0.25, 0.3) is 0 Å². The Morgan fingerprint density at radius 2 is 1.65 bits per heavy atom. The third-order valence-corrected chi connectivity index (χ3v) is 4.34. The van der Waals surface area contributed by atoms with E-state index in [9.17, 15) is 9.90 Å². The molecule has 2 N–H and O–H groups in total. The largest absolute Gasteiger partial charge is 0.491 e. The summed E-state index contributed by atoms with van der Waals surface area (Å²) in [6.07, 6.45) is -0.934. The van der Waals surface area contributed by atoms with Crippen molar-refractivity contribution >= 4 is 23.4 Å². The maximum atomic E-state index is 10.8. The van der Waals surface area contributed by atoms with Gasteiger partial charge in [-0.05, 0) is 48.9 Å². The molecule has 0 bridgehead atoms. The van der Waals surface area contributed by atoms with Crippen molar-refractivity contribution in [1.82, 2.24) is 0 Å².